The maximum Gasteiger partial charge on any atom is 0.243 e. The molecule has 0 atom stereocenters. The number of fused-ring (bicyclic) bond motifs is 1. The predicted octanol–water partition coefficient (Wildman–Crippen LogP) is 2.02. The first-order valence-corrected chi connectivity index (χ1v) is 8.37. The fraction of sp³-hybridized carbons (Fsp3) is 0.529. The van der Waals surface area contributed by atoms with Crippen LogP contribution in [0.4, 0.5) is 11.4 Å². The standard InChI is InChI=1S/C17H23N3O4/c18-12-7-14-15(24-10-23-14)8-13(12)20-17(22)9-19-16(21)6-11-4-2-1-3-5-11/h7-8,11H,1-6,9-10,18H2,(H,19,21)(H,20,22). The van der Waals surface area contributed by atoms with Crippen molar-refractivity contribution in [3.8, 4) is 11.5 Å². The SMILES string of the molecule is Nc1cc2c(cc1NC(=O)CNC(=O)CC1CCCCC1)OCO2. The number of hydrogen-bond acceptors (Lipinski definition) is 5. The molecule has 24 heavy (non-hydrogen) atoms. The smallest absolute Gasteiger partial charge is 0.243 e. The summed E-state index contributed by atoms with van der Waals surface area (Å²) in [4.78, 5) is 23.9. The van der Waals surface area contributed by atoms with Gasteiger partial charge in [0.25, 0.3) is 0 Å². The Morgan fingerprint density at radius 3 is 2.54 bits per heavy atom. The molecule has 1 fully saturated rings. The van der Waals surface area contributed by atoms with Crippen LogP contribution in [0.25, 0.3) is 0 Å². The number of amides is 2. The molecule has 0 spiro atoms. The summed E-state index contributed by atoms with van der Waals surface area (Å²) in [5.41, 5.74) is 6.72. The van der Waals surface area contributed by atoms with E-state index in [-0.39, 0.29) is 25.2 Å². The van der Waals surface area contributed by atoms with Crippen molar-refractivity contribution < 1.29 is 19.1 Å². The number of ether oxygens (including phenoxy) is 2. The third-order valence-corrected chi connectivity index (χ3v) is 4.46. The van der Waals surface area contributed by atoms with E-state index in [1.165, 1.54) is 19.3 Å². The average molecular weight is 333 g/mol. The van der Waals surface area contributed by atoms with E-state index in [4.69, 9.17) is 15.2 Å². The molecule has 0 bridgehead atoms. The average Bonchev–Trinajstić information content (AvgIpc) is 3.01. The zero-order valence-corrected chi connectivity index (χ0v) is 13.6. The summed E-state index contributed by atoms with van der Waals surface area (Å²) in [5.74, 6) is 1.16. The minimum absolute atomic E-state index is 0.0700. The third kappa shape index (κ3) is 4.10. The Morgan fingerprint density at radius 1 is 1.08 bits per heavy atom. The first-order valence-electron chi connectivity index (χ1n) is 8.37. The van der Waals surface area contributed by atoms with Crippen LogP contribution in [0.15, 0.2) is 12.1 Å². The van der Waals surface area contributed by atoms with Crippen LogP contribution in [-0.4, -0.2) is 25.2 Å². The Labute approximate surface area is 140 Å². The largest absolute Gasteiger partial charge is 0.454 e. The first-order chi connectivity index (χ1) is 11.6. The minimum Gasteiger partial charge on any atom is -0.454 e. The van der Waals surface area contributed by atoms with Crippen LogP contribution in [0.1, 0.15) is 38.5 Å². The number of hydrogen-bond donors (Lipinski definition) is 3. The Morgan fingerprint density at radius 2 is 1.79 bits per heavy atom. The molecule has 2 aliphatic rings. The van der Waals surface area contributed by atoms with Gasteiger partial charge in [-0.25, -0.2) is 0 Å². The van der Waals surface area contributed by atoms with E-state index < -0.39 is 0 Å². The summed E-state index contributed by atoms with van der Waals surface area (Å²) in [7, 11) is 0. The van der Waals surface area contributed by atoms with Gasteiger partial charge in [-0.1, -0.05) is 19.3 Å². The zero-order valence-electron chi connectivity index (χ0n) is 13.6. The van der Waals surface area contributed by atoms with Gasteiger partial charge in [0, 0.05) is 18.6 Å². The lowest BCUT2D eigenvalue weighted by atomic mass is 9.87. The van der Waals surface area contributed by atoms with Gasteiger partial charge in [-0.15, -0.1) is 0 Å². The van der Waals surface area contributed by atoms with E-state index >= 15 is 0 Å². The molecular weight excluding hydrogens is 310 g/mol. The lowest BCUT2D eigenvalue weighted by Crippen LogP contribution is -2.34. The molecule has 3 rings (SSSR count). The number of rotatable bonds is 5. The van der Waals surface area contributed by atoms with Crippen molar-refractivity contribution in [2.75, 3.05) is 24.4 Å². The van der Waals surface area contributed by atoms with Crippen molar-refractivity contribution in [1.29, 1.82) is 0 Å². The van der Waals surface area contributed by atoms with Gasteiger partial charge in [0.15, 0.2) is 11.5 Å². The second kappa shape index (κ2) is 7.42. The van der Waals surface area contributed by atoms with E-state index in [2.05, 4.69) is 10.6 Å². The molecule has 0 radical (unpaired) electrons. The van der Waals surface area contributed by atoms with E-state index in [1.54, 1.807) is 12.1 Å². The van der Waals surface area contributed by atoms with Crippen molar-refractivity contribution in [2.24, 2.45) is 5.92 Å². The Hall–Kier alpha value is -2.44. The van der Waals surface area contributed by atoms with Gasteiger partial charge in [0.05, 0.1) is 17.9 Å². The molecule has 0 aromatic heterocycles. The summed E-state index contributed by atoms with van der Waals surface area (Å²) in [6, 6.07) is 3.24. The highest BCUT2D eigenvalue weighted by molar-refractivity contribution is 5.97. The van der Waals surface area contributed by atoms with Crippen LogP contribution in [0.2, 0.25) is 0 Å². The van der Waals surface area contributed by atoms with Crippen LogP contribution < -0.4 is 25.8 Å². The van der Waals surface area contributed by atoms with Crippen LogP contribution in [0, 0.1) is 5.92 Å². The summed E-state index contributed by atoms with van der Waals surface area (Å²) < 4.78 is 10.5. The molecule has 1 aliphatic heterocycles. The van der Waals surface area contributed by atoms with Gasteiger partial charge in [-0.3, -0.25) is 9.59 Å². The zero-order chi connectivity index (χ0) is 16.9. The van der Waals surface area contributed by atoms with Crippen LogP contribution >= 0.6 is 0 Å². The van der Waals surface area contributed by atoms with Gasteiger partial charge >= 0.3 is 0 Å². The van der Waals surface area contributed by atoms with Crippen LogP contribution in [-0.2, 0) is 9.59 Å². The van der Waals surface area contributed by atoms with Crippen molar-refractivity contribution in [1.82, 2.24) is 5.32 Å². The lowest BCUT2D eigenvalue weighted by Gasteiger charge is -2.20. The van der Waals surface area contributed by atoms with Crippen LogP contribution in [0.3, 0.4) is 0 Å². The predicted molar refractivity (Wildman–Crippen MR) is 89.8 cm³/mol. The third-order valence-electron chi connectivity index (χ3n) is 4.46. The first kappa shape index (κ1) is 16.4. The quantitative estimate of drug-likeness (QED) is 0.715. The second-order valence-corrected chi connectivity index (χ2v) is 6.33. The molecule has 1 aromatic carbocycles. The molecule has 2 amide bonds. The normalized spacial score (nSPS) is 16.7. The molecule has 7 heteroatoms. The Balaban J connectivity index is 1.46. The molecule has 1 heterocycles. The fourth-order valence-corrected chi connectivity index (χ4v) is 3.16. The molecule has 1 aliphatic carbocycles. The molecule has 7 nitrogen and oxygen atoms in total. The highest BCUT2D eigenvalue weighted by Gasteiger charge is 2.19. The molecule has 1 aromatic rings. The summed E-state index contributed by atoms with van der Waals surface area (Å²) in [5, 5.41) is 5.36. The van der Waals surface area contributed by atoms with E-state index in [0.29, 0.717) is 35.2 Å². The highest BCUT2D eigenvalue weighted by Crippen LogP contribution is 2.38. The summed E-state index contributed by atoms with van der Waals surface area (Å²) in [6.07, 6.45) is 6.36. The van der Waals surface area contributed by atoms with E-state index in [1.807, 2.05) is 0 Å². The lowest BCUT2D eigenvalue weighted by molar-refractivity contribution is -0.125. The number of anilines is 2. The maximum atomic E-state index is 12.0. The molecule has 1 saturated carbocycles. The second-order valence-electron chi connectivity index (χ2n) is 6.33. The number of carbonyl (C=O) groups is 2. The molecule has 4 N–H and O–H groups in total. The van der Waals surface area contributed by atoms with Gasteiger partial charge in [-0.2, -0.15) is 0 Å². The highest BCUT2D eigenvalue weighted by atomic mass is 16.7. The molecular formula is C17H23N3O4. The fourth-order valence-electron chi connectivity index (χ4n) is 3.16. The molecule has 0 unspecified atom stereocenters. The Bertz CT molecular complexity index is 627. The van der Waals surface area contributed by atoms with Gasteiger partial charge in [0.1, 0.15) is 0 Å². The maximum absolute atomic E-state index is 12.0. The van der Waals surface area contributed by atoms with Crippen molar-refractivity contribution >= 4 is 23.2 Å². The van der Waals surface area contributed by atoms with E-state index in [9.17, 15) is 9.59 Å². The summed E-state index contributed by atoms with van der Waals surface area (Å²) >= 11 is 0. The van der Waals surface area contributed by atoms with Gasteiger partial charge in [0.2, 0.25) is 18.6 Å². The van der Waals surface area contributed by atoms with Gasteiger partial charge < -0.3 is 25.8 Å². The topological polar surface area (TPSA) is 103 Å². The monoisotopic (exact) mass is 333 g/mol. The van der Waals surface area contributed by atoms with Crippen LogP contribution in [0.5, 0.6) is 11.5 Å². The number of carbonyl (C=O) groups excluding carboxylic acids is 2. The van der Waals surface area contributed by atoms with Crippen molar-refractivity contribution in [3.05, 3.63) is 12.1 Å². The van der Waals surface area contributed by atoms with E-state index in [0.717, 1.165) is 12.8 Å². The summed E-state index contributed by atoms with van der Waals surface area (Å²) in [6.45, 7) is 0.0723. The number of benzene rings is 1. The van der Waals surface area contributed by atoms with Crippen molar-refractivity contribution in [2.45, 2.75) is 38.5 Å². The van der Waals surface area contributed by atoms with Gasteiger partial charge in [-0.05, 0) is 18.8 Å². The number of nitrogens with two attached hydrogens (primary N) is 1. The molecule has 130 valence electrons. The molecule has 0 saturated heterocycles. The number of nitrogen functional groups attached to an aromatic ring is 1. The van der Waals surface area contributed by atoms with Crippen molar-refractivity contribution in [3.63, 3.8) is 0 Å². The number of nitrogens with one attached hydrogen (secondary N) is 2. The Kier molecular flexibility index (Phi) is 5.08. The minimum atomic E-state index is -0.322.